The Hall–Kier alpha value is -2.71. The van der Waals surface area contributed by atoms with E-state index in [-0.39, 0.29) is 30.4 Å². The van der Waals surface area contributed by atoms with Gasteiger partial charge >= 0.3 is 5.97 Å². The zero-order chi connectivity index (χ0) is 23.3. The molecule has 1 saturated heterocycles. The van der Waals surface area contributed by atoms with Crippen LogP contribution in [0.25, 0.3) is 0 Å². The molecular formula is C24H29NO6S. The van der Waals surface area contributed by atoms with Gasteiger partial charge in [0, 0.05) is 18.7 Å². The highest BCUT2D eigenvalue weighted by Crippen LogP contribution is 2.26. The lowest BCUT2D eigenvalue weighted by atomic mass is 9.98. The monoisotopic (exact) mass is 459 g/mol. The molecule has 2 aromatic rings. The van der Waals surface area contributed by atoms with Gasteiger partial charge in [-0.1, -0.05) is 17.7 Å². The van der Waals surface area contributed by atoms with Crippen LogP contribution in [0.15, 0.2) is 47.4 Å². The number of piperidine rings is 1. The van der Waals surface area contributed by atoms with Gasteiger partial charge in [0.1, 0.15) is 5.75 Å². The van der Waals surface area contributed by atoms with Crippen LogP contribution >= 0.6 is 0 Å². The Balaban J connectivity index is 1.53. The molecule has 0 aliphatic carbocycles. The first-order chi connectivity index (χ1) is 15.2. The zero-order valence-corrected chi connectivity index (χ0v) is 19.5. The number of esters is 1. The fraction of sp³-hybridized carbons (Fsp3) is 0.417. The predicted molar refractivity (Wildman–Crippen MR) is 120 cm³/mol. The van der Waals surface area contributed by atoms with Crippen molar-refractivity contribution < 1.29 is 27.5 Å². The maximum atomic E-state index is 12.9. The molecule has 0 radical (unpaired) electrons. The minimum atomic E-state index is -3.64. The average molecular weight is 460 g/mol. The zero-order valence-electron chi connectivity index (χ0n) is 18.7. The summed E-state index contributed by atoms with van der Waals surface area (Å²) in [4.78, 5) is 25.1. The number of benzene rings is 2. The number of hydrogen-bond donors (Lipinski definition) is 0. The van der Waals surface area contributed by atoms with E-state index in [9.17, 15) is 18.0 Å². The molecule has 2 aromatic carbocycles. The van der Waals surface area contributed by atoms with E-state index in [1.54, 1.807) is 18.2 Å². The second-order valence-electron chi connectivity index (χ2n) is 7.93. The smallest absolute Gasteiger partial charge is 0.309 e. The normalized spacial score (nSPS) is 15.3. The topological polar surface area (TPSA) is 90.0 Å². The summed E-state index contributed by atoms with van der Waals surface area (Å²) in [5, 5.41) is 0. The molecule has 1 aliphatic rings. The number of carbonyl (C=O) groups excluding carboxylic acids is 2. The maximum absolute atomic E-state index is 12.9. The summed E-state index contributed by atoms with van der Waals surface area (Å²) in [6.07, 6.45) is 0.708. The molecule has 0 amide bonds. The Morgan fingerprint density at radius 2 is 1.69 bits per heavy atom. The van der Waals surface area contributed by atoms with Gasteiger partial charge in [-0.2, -0.15) is 4.31 Å². The molecule has 32 heavy (non-hydrogen) atoms. The van der Waals surface area contributed by atoms with Crippen LogP contribution in [0.3, 0.4) is 0 Å². The van der Waals surface area contributed by atoms with Gasteiger partial charge < -0.3 is 9.47 Å². The van der Waals surface area contributed by atoms with Crippen LogP contribution in [0.1, 0.15) is 41.3 Å². The summed E-state index contributed by atoms with van der Waals surface area (Å²) in [6.45, 7) is 6.24. The molecule has 1 fully saturated rings. The molecule has 0 aromatic heterocycles. The third-order valence-electron chi connectivity index (χ3n) is 5.60. The summed E-state index contributed by atoms with van der Waals surface area (Å²) in [5.41, 5.74) is 2.35. The summed E-state index contributed by atoms with van der Waals surface area (Å²) in [5.74, 6) is -0.506. The lowest BCUT2D eigenvalue weighted by Gasteiger charge is -2.30. The van der Waals surface area contributed by atoms with Gasteiger partial charge in [0.2, 0.25) is 15.8 Å². The van der Waals surface area contributed by atoms with Crippen LogP contribution in [0.4, 0.5) is 0 Å². The number of sulfonamides is 1. The highest BCUT2D eigenvalue weighted by Gasteiger charge is 2.33. The number of nitrogens with zero attached hydrogens (tertiary/aromatic N) is 1. The van der Waals surface area contributed by atoms with Crippen molar-refractivity contribution in [2.24, 2.45) is 5.92 Å². The Kier molecular flexibility index (Phi) is 7.69. The fourth-order valence-electron chi connectivity index (χ4n) is 3.72. The second-order valence-corrected chi connectivity index (χ2v) is 9.87. The van der Waals surface area contributed by atoms with E-state index in [4.69, 9.17) is 9.47 Å². The molecule has 0 unspecified atom stereocenters. The number of ketones is 1. The first kappa shape index (κ1) is 23.9. The van der Waals surface area contributed by atoms with Gasteiger partial charge in [-0.3, -0.25) is 9.59 Å². The molecule has 172 valence electrons. The number of hydrogen-bond acceptors (Lipinski definition) is 6. The predicted octanol–water partition coefficient (Wildman–Crippen LogP) is 3.53. The Labute approximate surface area is 189 Å². The number of rotatable bonds is 8. The number of carbonyl (C=O) groups is 2. The van der Waals surface area contributed by atoms with Crippen LogP contribution < -0.4 is 4.74 Å². The quantitative estimate of drug-likeness (QED) is 0.443. The van der Waals surface area contributed by atoms with E-state index in [0.29, 0.717) is 30.8 Å². The van der Waals surface area contributed by atoms with Crippen LogP contribution in [0.5, 0.6) is 5.75 Å². The third kappa shape index (κ3) is 5.55. The molecule has 0 saturated carbocycles. The largest absolute Gasteiger partial charge is 0.494 e. The third-order valence-corrected chi connectivity index (χ3v) is 7.51. The van der Waals surface area contributed by atoms with Crippen molar-refractivity contribution in [2.75, 3.05) is 26.3 Å². The highest BCUT2D eigenvalue weighted by atomic mass is 32.2. The van der Waals surface area contributed by atoms with Crippen molar-refractivity contribution in [3.63, 3.8) is 0 Å². The van der Waals surface area contributed by atoms with Gasteiger partial charge in [-0.15, -0.1) is 0 Å². The van der Waals surface area contributed by atoms with E-state index in [0.717, 1.165) is 11.1 Å². The number of aryl methyl sites for hydroxylation is 2. The fourth-order valence-corrected chi connectivity index (χ4v) is 5.19. The summed E-state index contributed by atoms with van der Waals surface area (Å²) < 4.78 is 37.8. The maximum Gasteiger partial charge on any atom is 0.309 e. The molecule has 8 heteroatoms. The minimum absolute atomic E-state index is 0.195. The molecule has 1 aliphatic heterocycles. The first-order valence-corrected chi connectivity index (χ1v) is 12.2. The lowest BCUT2D eigenvalue weighted by molar-refractivity contribution is -0.148. The van der Waals surface area contributed by atoms with Gasteiger partial charge in [0.25, 0.3) is 0 Å². The summed E-state index contributed by atoms with van der Waals surface area (Å²) >= 11 is 0. The van der Waals surface area contributed by atoms with Crippen molar-refractivity contribution in [3.05, 3.63) is 59.2 Å². The number of ether oxygens (including phenoxy) is 2. The van der Waals surface area contributed by atoms with Crippen LogP contribution in [0.2, 0.25) is 0 Å². The molecule has 3 rings (SSSR count). The minimum Gasteiger partial charge on any atom is -0.494 e. The summed E-state index contributed by atoms with van der Waals surface area (Å²) in [7, 11) is -3.64. The van der Waals surface area contributed by atoms with E-state index >= 15 is 0 Å². The molecule has 0 bridgehead atoms. The van der Waals surface area contributed by atoms with Gasteiger partial charge in [0.05, 0.1) is 17.4 Å². The lowest BCUT2D eigenvalue weighted by Crippen LogP contribution is -2.40. The standard InChI is InChI=1S/C24H29NO6S/c1-4-30-20-7-9-21(10-8-20)32(28,29)25-13-11-19(12-14-25)24(27)31-16-23(26)22-15-17(2)5-6-18(22)3/h5-10,15,19H,4,11-14,16H2,1-3H3. The highest BCUT2D eigenvalue weighted by molar-refractivity contribution is 7.89. The van der Waals surface area contributed by atoms with E-state index < -0.39 is 21.9 Å². The van der Waals surface area contributed by atoms with Crippen molar-refractivity contribution in [1.82, 2.24) is 4.31 Å². The van der Waals surface area contributed by atoms with Crippen LogP contribution in [-0.2, 0) is 19.6 Å². The Morgan fingerprint density at radius 3 is 2.31 bits per heavy atom. The van der Waals surface area contributed by atoms with Crippen molar-refractivity contribution in [1.29, 1.82) is 0 Å². The van der Waals surface area contributed by atoms with Crippen molar-refractivity contribution in [3.8, 4) is 5.75 Å². The first-order valence-electron chi connectivity index (χ1n) is 10.7. The van der Waals surface area contributed by atoms with Crippen molar-refractivity contribution in [2.45, 2.75) is 38.5 Å². The van der Waals surface area contributed by atoms with Gasteiger partial charge in [-0.05, 0) is 69.5 Å². The van der Waals surface area contributed by atoms with Crippen molar-refractivity contribution >= 4 is 21.8 Å². The molecule has 0 atom stereocenters. The molecule has 0 N–H and O–H groups in total. The SMILES string of the molecule is CCOc1ccc(S(=O)(=O)N2CCC(C(=O)OCC(=O)c3cc(C)ccc3C)CC2)cc1. The number of Topliss-reactive ketones (excluding diaryl/α,β-unsaturated/α-hetero) is 1. The van der Waals surface area contributed by atoms with E-state index in [2.05, 4.69) is 0 Å². The van der Waals surface area contributed by atoms with E-state index in [1.807, 2.05) is 32.9 Å². The van der Waals surface area contributed by atoms with E-state index in [1.165, 1.54) is 16.4 Å². The second kappa shape index (κ2) is 10.3. The van der Waals surface area contributed by atoms with Gasteiger partial charge in [0.15, 0.2) is 6.61 Å². The Morgan fingerprint density at radius 1 is 1.03 bits per heavy atom. The molecule has 7 nitrogen and oxygen atoms in total. The summed E-state index contributed by atoms with van der Waals surface area (Å²) in [6, 6.07) is 11.9. The average Bonchev–Trinajstić information content (AvgIpc) is 2.79. The molecule has 1 heterocycles. The van der Waals surface area contributed by atoms with Crippen LogP contribution in [-0.4, -0.2) is 50.8 Å². The van der Waals surface area contributed by atoms with Crippen LogP contribution in [0, 0.1) is 19.8 Å². The van der Waals surface area contributed by atoms with Gasteiger partial charge in [-0.25, -0.2) is 8.42 Å². The molecular weight excluding hydrogens is 430 g/mol. The Bertz CT molecular complexity index is 1070. The molecule has 0 spiro atoms.